The van der Waals surface area contributed by atoms with Gasteiger partial charge in [0.15, 0.2) is 5.76 Å². The van der Waals surface area contributed by atoms with Crippen LogP contribution in [-0.4, -0.2) is 52.7 Å². The van der Waals surface area contributed by atoms with Gasteiger partial charge in [-0.25, -0.2) is 4.79 Å². The van der Waals surface area contributed by atoms with Crippen LogP contribution in [0.25, 0.3) is 0 Å². The number of carbonyl (C=O) groups excluding carboxylic acids is 1. The molecule has 4 heterocycles. The molecule has 3 aliphatic rings. The molecule has 6 heteroatoms. The average Bonchev–Trinajstić information content (AvgIpc) is 3.26. The Morgan fingerprint density at radius 3 is 2.96 bits per heavy atom. The highest BCUT2D eigenvalue weighted by atomic mass is 16.5. The Labute approximate surface area is 137 Å². The fourth-order valence-corrected chi connectivity index (χ4v) is 4.50. The summed E-state index contributed by atoms with van der Waals surface area (Å²) in [6.45, 7) is 5.04. The number of urea groups is 1. The number of amides is 2. The smallest absolute Gasteiger partial charge is 0.318 e. The summed E-state index contributed by atoms with van der Waals surface area (Å²) in [7, 11) is 0. The van der Waals surface area contributed by atoms with E-state index < -0.39 is 0 Å². The van der Waals surface area contributed by atoms with E-state index in [1.54, 1.807) is 0 Å². The van der Waals surface area contributed by atoms with Crippen molar-refractivity contribution in [2.24, 2.45) is 0 Å². The van der Waals surface area contributed by atoms with Crippen LogP contribution in [0.4, 0.5) is 4.79 Å². The molecule has 0 spiro atoms. The molecular weight excluding hydrogens is 292 g/mol. The SMILES string of the molecule is Cc1cc([C@@H]2CCCN2C(=O)N[C@@H]2CCN3CCCC[C@H]23)on1. The average molecular weight is 318 g/mol. The van der Waals surface area contributed by atoms with Crippen LogP contribution < -0.4 is 5.32 Å². The molecule has 1 N–H and O–H groups in total. The number of aromatic nitrogens is 1. The Morgan fingerprint density at radius 2 is 2.13 bits per heavy atom. The molecule has 0 bridgehead atoms. The van der Waals surface area contributed by atoms with E-state index in [0.29, 0.717) is 12.1 Å². The highest BCUT2D eigenvalue weighted by molar-refractivity contribution is 5.75. The molecule has 0 aromatic carbocycles. The molecule has 0 saturated carbocycles. The molecule has 3 aliphatic heterocycles. The fourth-order valence-electron chi connectivity index (χ4n) is 4.50. The van der Waals surface area contributed by atoms with E-state index >= 15 is 0 Å². The van der Waals surface area contributed by atoms with Crippen LogP contribution in [0.2, 0.25) is 0 Å². The van der Waals surface area contributed by atoms with Gasteiger partial charge in [-0.1, -0.05) is 11.6 Å². The van der Waals surface area contributed by atoms with Gasteiger partial charge in [-0.05, 0) is 45.6 Å². The summed E-state index contributed by atoms with van der Waals surface area (Å²) in [6, 6.07) is 2.91. The van der Waals surface area contributed by atoms with Gasteiger partial charge < -0.3 is 14.7 Å². The van der Waals surface area contributed by atoms with E-state index in [2.05, 4.69) is 15.4 Å². The Balaban J connectivity index is 1.42. The number of fused-ring (bicyclic) bond motifs is 1. The third kappa shape index (κ3) is 2.84. The number of rotatable bonds is 2. The minimum Gasteiger partial charge on any atom is -0.359 e. The monoisotopic (exact) mass is 318 g/mol. The van der Waals surface area contributed by atoms with Gasteiger partial charge in [0.25, 0.3) is 0 Å². The maximum atomic E-state index is 12.8. The van der Waals surface area contributed by atoms with Crippen LogP contribution >= 0.6 is 0 Å². The molecule has 1 aromatic heterocycles. The fraction of sp³-hybridized carbons (Fsp3) is 0.765. The summed E-state index contributed by atoms with van der Waals surface area (Å²) in [5, 5.41) is 7.28. The lowest BCUT2D eigenvalue weighted by Crippen LogP contribution is -2.50. The van der Waals surface area contributed by atoms with E-state index in [-0.39, 0.29) is 12.1 Å². The molecule has 2 amide bonds. The minimum absolute atomic E-state index is 0.0417. The first kappa shape index (κ1) is 15.0. The molecule has 3 atom stereocenters. The van der Waals surface area contributed by atoms with Crippen molar-refractivity contribution in [2.45, 2.75) is 63.6 Å². The predicted molar refractivity (Wildman–Crippen MR) is 86.1 cm³/mol. The maximum Gasteiger partial charge on any atom is 0.318 e. The molecular formula is C17H26N4O2. The summed E-state index contributed by atoms with van der Waals surface area (Å²) in [4.78, 5) is 17.3. The second-order valence-electron chi connectivity index (χ2n) is 7.17. The van der Waals surface area contributed by atoms with Gasteiger partial charge in [-0.15, -0.1) is 0 Å². The van der Waals surface area contributed by atoms with Gasteiger partial charge in [-0.3, -0.25) is 4.90 Å². The first-order chi connectivity index (χ1) is 11.2. The number of hydrogen-bond donors (Lipinski definition) is 1. The Kier molecular flexibility index (Phi) is 4.01. The minimum atomic E-state index is 0.0417. The zero-order valence-electron chi connectivity index (χ0n) is 13.8. The summed E-state index contributed by atoms with van der Waals surface area (Å²) >= 11 is 0. The lowest BCUT2D eigenvalue weighted by atomic mass is 9.99. The molecule has 1 aromatic rings. The van der Waals surface area contributed by atoms with E-state index in [4.69, 9.17) is 4.52 Å². The van der Waals surface area contributed by atoms with E-state index in [1.807, 2.05) is 17.9 Å². The van der Waals surface area contributed by atoms with Crippen molar-refractivity contribution in [1.82, 2.24) is 20.3 Å². The van der Waals surface area contributed by atoms with Gasteiger partial charge >= 0.3 is 6.03 Å². The lowest BCUT2D eigenvalue weighted by molar-refractivity contribution is 0.160. The molecule has 0 radical (unpaired) electrons. The highest BCUT2D eigenvalue weighted by Crippen LogP contribution is 2.33. The van der Waals surface area contributed by atoms with E-state index in [9.17, 15) is 4.79 Å². The van der Waals surface area contributed by atoms with Gasteiger partial charge in [0.2, 0.25) is 0 Å². The standard InChI is InChI=1S/C17H26N4O2/c1-12-11-16(23-19-12)15-6-4-9-21(15)17(22)18-13-7-10-20-8-3-2-5-14(13)20/h11,13-15H,2-10H2,1H3,(H,18,22)/t13-,14-,15+/m1/s1. The third-order valence-electron chi connectivity index (χ3n) is 5.65. The largest absolute Gasteiger partial charge is 0.359 e. The number of nitrogens with zero attached hydrogens (tertiary/aromatic N) is 3. The first-order valence-electron chi connectivity index (χ1n) is 8.97. The van der Waals surface area contributed by atoms with E-state index in [1.165, 1.54) is 25.8 Å². The predicted octanol–water partition coefficient (Wildman–Crippen LogP) is 2.46. The molecule has 6 nitrogen and oxygen atoms in total. The number of nitrogens with one attached hydrogen (secondary N) is 1. The van der Waals surface area contributed by atoms with Crippen molar-refractivity contribution in [3.63, 3.8) is 0 Å². The van der Waals surface area contributed by atoms with Crippen molar-refractivity contribution >= 4 is 6.03 Å². The number of hydrogen-bond acceptors (Lipinski definition) is 4. The van der Waals surface area contributed by atoms with Crippen molar-refractivity contribution in [2.75, 3.05) is 19.6 Å². The molecule has 126 valence electrons. The van der Waals surface area contributed by atoms with Crippen molar-refractivity contribution < 1.29 is 9.32 Å². The van der Waals surface area contributed by atoms with Gasteiger partial charge in [0, 0.05) is 31.2 Å². The van der Waals surface area contributed by atoms with Crippen LogP contribution in [0.1, 0.15) is 56.0 Å². The lowest BCUT2D eigenvalue weighted by Gasteiger charge is -2.33. The second-order valence-corrected chi connectivity index (χ2v) is 7.17. The molecule has 23 heavy (non-hydrogen) atoms. The molecule has 0 unspecified atom stereocenters. The Bertz CT molecular complexity index is 573. The summed E-state index contributed by atoms with van der Waals surface area (Å²) in [6.07, 6.45) is 6.87. The molecule has 0 aliphatic carbocycles. The van der Waals surface area contributed by atoms with E-state index in [0.717, 1.165) is 43.8 Å². The van der Waals surface area contributed by atoms with Crippen LogP contribution in [0.15, 0.2) is 10.6 Å². The zero-order chi connectivity index (χ0) is 15.8. The third-order valence-corrected chi connectivity index (χ3v) is 5.65. The van der Waals surface area contributed by atoms with Crippen molar-refractivity contribution in [1.29, 1.82) is 0 Å². The topological polar surface area (TPSA) is 61.6 Å². The van der Waals surface area contributed by atoms with Gasteiger partial charge in [0.05, 0.1) is 11.7 Å². The molecule has 3 saturated heterocycles. The molecule has 3 fully saturated rings. The quantitative estimate of drug-likeness (QED) is 0.910. The zero-order valence-corrected chi connectivity index (χ0v) is 13.8. The highest BCUT2D eigenvalue weighted by Gasteiger charge is 2.39. The van der Waals surface area contributed by atoms with Crippen molar-refractivity contribution in [3.05, 3.63) is 17.5 Å². The van der Waals surface area contributed by atoms with Crippen LogP contribution in [0.5, 0.6) is 0 Å². The summed E-state index contributed by atoms with van der Waals surface area (Å²) in [5.41, 5.74) is 0.876. The Morgan fingerprint density at radius 1 is 1.22 bits per heavy atom. The number of carbonyl (C=O) groups is 1. The summed E-state index contributed by atoms with van der Waals surface area (Å²) < 4.78 is 5.40. The first-order valence-corrected chi connectivity index (χ1v) is 8.97. The van der Waals surface area contributed by atoms with Gasteiger partial charge in [0.1, 0.15) is 0 Å². The number of aryl methyl sites for hydroxylation is 1. The van der Waals surface area contributed by atoms with Crippen LogP contribution in [0, 0.1) is 6.92 Å². The number of likely N-dealkylation sites (tertiary alicyclic amines) is 1. The van der Waals surface area contributed by atoms with Crippen molar-refractivity contribution in [3.8, 4) is 0 Å². The second kappa shape index (κ2) is 6.15. The van der Waals surface area contributed by atoms with Gasteiger partial charge in [-0.2, -0.15) is 0 Å². The maximum absolute atomic E-state index is 12.8. The number of piperidine rings is 1. The van der Waals surface area contributed by atoms with Crippen LogP contribution in [0.3, 0.4) is 0 Å². The Hall–Kier alpha value is -1.56. The normalized spacial score (nSPS) is 31.3. The van der Waals surface area contributed by atoms with Crippen LogP contribution in [-0.2, 0) is 0 Å². The summed E-state index contributed by atoms with van der Waals surface area (Å²) in [5.74, 6) is 0.820. The molecule has 4 rings (SSSR count).